The van der Waals surface area contributed by atoms with E-state index in [9.17, 15) is 4.79 Å². The molecule has 2 heterocycles. The number of H-pyrrole nitrogens is 1. The maximum Gasteiger partial charge on any atom is 0.255 e. The van der Waals surface area contributed by atoms with Crippen LogP contribution in [0.25, 0.3) is 11.0 Å². The van der Waals surface area contributed by atoms with Crippen LogP contribution in [0.5, 0.6) is 17.2 Å². The van der Waals surface area contributed by atoms with Gasteiger partial charge in [0.05, 0.1) is 32.4 Å². The monoisotopic (exact) mass is 397 g/mol. The molecule has 1 aliphatic heterocycles. The van der Waals surface area contributed by atoms with Gasteiger partial charge in [-0.1, -0.05) is 0 Å². The minimum Gasteiger partial charge on any atom is -0.493 e. The number of benzene rings is 2. The van der Waals surface area contributed by atoms with Crippen molar-refractivity contribution in [2.24, 2.45) is 0 Å². The normalized spacial score (nSPS) is 16.0. The number of rotatable bonds is 6. The summed E-state index contributed by atoms with van der Waals surface area (Å²) < 4.78 is 21.6. The van der Waals surface area contributed by atoms with Gasteiger partial charge in [-0.15, -0.1) is 0 Å². The van der Waals surface area contributed by atoms with Gasteiger partial charge in [0.25, 0.3) is 5.91 Å². The van der Waals surface area contributed by atoms with Crippen molar-refractivity contribution in [1.29, 1.82) is 0 Å². The third-order valence-electron chi connectivity index (χ3n) is 4.92. The molecular weight excluding hydrogens is 374 g/mol. The molecule has 8 heteroatoms. The zero-order chi connectivity index (χ0) is 20.4. The summed E-state index contributed by atoms with van der Waals surface area (Å²) in [7, 11) is 4.54. The van der Waals surface area contributed by atoms with Crippen molar-refractivity contribution in [3.63, 3.8) is 0 Å². The average Bonchev–Trinajstić information content (AvgIpc) is 3.41. The molecule has 1 unspecified atom stereocenters. The fourth-order valence-corrected chi connectivity index (χ4v) is 3.47. The summed E-state index contributed by atoms with van der Waals surface area (Å²) >= 11 is 0. The second-order valence-corrected chi connectivity index (χ2v) is 6.72. The maximum atomic E-state index is 12.8. The van der Waals surface area contributed by atoms with Crippen LogP contribution < -0.4 is 19.5 Å². The van der Waals surface area contributed by atoms with E-state index in [2.05, 4.69) is 15.3 Å². The van der Waals surface area contributed by atoms with Crippen LogP contribution in [0.3, 0.4) is 0 Å². The molecule has 1 amide bonds. The summed E-state index contributed by atoms with van der Waals surface area (Å²) in [5, 5.41) is 2.90. The van der Waals surface area contributed by atoms with E-state index >= 15 is 0 Å². The van der Waals surface area contributed by atoms with E-state index in [0.29, 0.717) is 28.5 Å². The summed E-state index contributed by atoms with van der Waals surface area (Å²) in [6, 6.07) is 8.77. The highest BCUT2D eigenvalue weighted by molar-refractivity contribution is 6.05. The molecule has 3 aromatic rings. The zero-order valence-electron chi connectivity index (χ0n) is 16.6. The number of aromatic nitrogens is 2. The van der Waals surface area contributed by atoms with E-state index < -0.39 is 0 Å². The van der Waals surface area contributed by atoms with Gasteiger partial charge in [-0.05, 0) is 43.2 Å². The van der Waals surface area contributed by atoms with Crippen LogP contribution in [0, 0.1) is 0 Å². The van der Waals surface area contributed by atoms with Gasteiger partial charge in [0, 0.05) is 17.9 Å². The number of imidazole rings is 1. The number of carbonyl (C=O) groups excluding carboxylic acids is 1. The number of carbonyl (C=O) groups is 1. The summed E-state index contributed by atoms with van der Waals surface area (Å²) in [6.45, 7) is 0.762. The summed E-state index contributed by atoms with van der Waals surface area (Å²) in [4.78, 5) is 20.7. The highest BCUT2D eigenvalue weighted by Crippen LogP contribution is 2.38. The van der Waals surface area contributed by atoms with Gasteiger partial charge in [0.15, 0.2) is 11.5 Å². The Morgan fingerprint density at radius 3 is 2.52 bits per heavy atom. The number of fused-ring (bicyclic) bond motifs is 1. The van der Waals surface area contributed by atoms with Crippen molar-refractivity contribution >= 4 is 22.6 Å². The van der Waals surface area contributed by atoms with Crippen LogP contribution >= 0.6 is 0 Å². The predicted molar refractivity (Wildman–Crippen MR) is 108 cm³/mol. The lowest BCUT2D eigenvalue weighted by Gasteiger charge is -2.14. The standard InChI is InChI=1S/C21H23N3O5/c1-26-17-9-12(10-18(27-2)19(17)28-3)21(25)22-13-6-7-14-15(11-13)24-20(23-14)16-5-4-8-29-16/h6-7,9-11,16H,4-5,8H2,1-3H3,(H,22,25)(H,23,24). The Balaban J connectivity index is 1.58. The summed E-state index contributed by atoms with van der Waals surface area (Å²) in [5.41, 5.74) is 2.72. The Kier molecular flexibility index (Phi) is 5.26. The molecule has 0 aliphatic carbocycles. The van der Waals surface area contributed by atoms with Gasteiger partial charge in [-0.2, -0.15) is 0 Å². The number of hydrogen-bond donors (Lipinski definition) is 2. The van der Waals surface area contributed by atoms with Crippen molar-refractivity contribution in [3.05, 3.63) is 41.7 Å². The lowest BCUT2D eigenvalue weighted by Crippen LogP contribution is -2.12. The molecule has 1 aliphatic rings. The lowest BCUT2D eigenvalue weighted by molar-refractivity contribution is 0.102. The summed E-state index contributed by atoms with van der Waals surface area (Å²) in [5.74, 6) is 1.81. The number of methoxy groups -OCH3 is 3. The van der Waals surface area contributed by atoms with Crippen molar-refractivity contribution in [2.75, 3.05) is 33.3 Å². The highest BCUT2D eigenvalue weighted by Gasteiger charge is 2.21. The van der Waals surface area contributed by atoms with E-state index in [-0.39, 0.29) is 12.0 Å². The minimum atomic E-state index is -0.289. The SMILES string of the molecule is COc1cc(C(=O)Nc2ccc3nc(C4CCCO4)[nH]c3c2)cc(OC)c1OC. The van der Waals surface area contributed by atoms with Crippen LogP contribution in [0.4, 0.5) is 5.69 Å². The van der Waals surface area contributed by atoms with Crippen LogP contribution in [0.1, 0.15) is 35.1 Å². The van der Waals surface area contributed by atoms with Crippen LogP contribution in [-0.4, -0.2) is 43.8 Å². The molecule has 0 saturated carbocycles. The number of aromatic amines is 1. The van der Waals surface area contributed by atoms with Crippen LogP contribution in [-0.2, 0) is 4.74 Å². The van der Waals surface area contributed by atoms with Gasteiger partial charge in [-0.3, -0.25) is 4.79 Å². The third-order valence-corrected chi connectivity index (χ3v) is 4.92. The molecular formula is C21H23N3O5. The lowest BCUT2D eigenvalue weighted by atomic mass is 10.1. The number of anilines is 1. The number of nitrogens with one attached hydrogen (secondary N) is 2. The largest absolute Gasteiger partial charge is 0.493 e. The second kappa shape index (κ2) is 8.00. The molecule has 1 aromatic heterocycles. The number of ether oxygens (including phenoxy) is 4. The Hall–Kier alpha value is -3.26. The topological polar surface area (TPSA) is 94.7 Å². The molecule has 152 valence electrons. The molecule has 1 saturated heterocycles. The quantitative estimate of drug-likeness (QED) is 0.659. The Morgan fingerprint density at radius 1 is 1.14 bits per heavy atom. The minimum absolute atomic E-state index is 0.0136. The fraction of sp³-hybridized carbons (Fsp3) is 0.333. The first-order chi connectivity index (χ1) is 14.1. The number of amides is 1. The molecule has 0 bridgehead atoms. The Labute approximate surface area is 168 Å². The molecule has 0 spiro atoms. The van der Waals surface area contributed by atoms with Gasteiger partial charge in [0.1, 0.15) is 11.9 Å². The van der Waals surface area contributed by atoms with Crippen molar-refractivity contribution in [2.45, 2.75) is 18.9 Å². The van der Waals surface area contributed by atoms with Gasteiger partial charge < -0.3 is 29.2 Å². The average molecular weight is 397 g/mol. The van der Waals surface area contributed by atoms with Crippen LogP contribution in [0.2, 0.25) is 0 Å². The number of hydrogen-bond acceptors (Lipinski definition) is 6. The van der Waals surface area contributed by atoms with E-state index in [4.69, 9.17) is 18.9 Å². The molecule has 29 heavy (non-hydrogen) atoms. The van der Waals surface area contributed by atoms with Crippen molar-refractivity contribution < 1.29 is 23.7 Å². The van der Waals surface area contributed by atoms with Crippen molar-refractivity contribution in [1.82, 2.24) is 9.97 Å². The van der Waals surface area contributed by atoms with Crippen LogP contribution in [0.15, 0.2) is 30.3 Å². The van der Waals surface area contributed by atoms with Crippen molar-refractivity contribution in [3.8, 4) is 17.2 Å². The maximum absolute atomic E-state index is 12.8. The van der Waals surface area contributed by atoms with E-state index in [1.165, 1.54) is 21.3 Å². The van der Waals surface area contributed by atoms with Gasteiger partial charge >= 0.3 is 0 Å². The smallest absolute Gasteiger partial charge is 0.255 e. The Bertz CT molecular complexity index is 1010. The second-order valence-electron chi connectivity index (χ2n) is 6.72. The molecule has 2 N–H and O–H groups in total. The third kappa shape index (κ3) is 3.71. The highest BCUT2D eigenvalue weighted by atomic mass is 16.5. The molecule has 2 aromatic carbocycles. The molecule has 4 rings (SSSR count). The zero-order valence-corrected chi connectivity index (χ0v) is 16.6. The van der Waals surface area contributed by atoms with E-state index in [0.717, 1.165) is 36.3 Å². The summed E-state index contributed by atoms with van der Waals surface area (Å²) in [6.07, 6.45) is 2.02. The molecule has 8 nitrogen and oxygen atoms in total. The predicted octanol–water partition coefficient (Wildman–Crippen LogP) is 3.69. The van der Waals surface area contributed by atoms with Gasteiger partial charge in [0.2, 0.25) is 5.75 Å². The molecule has 1 fully saturated rings. The van der Waals surface area contributed by atoms with E-state index in [1.807, 2.05) is 18.2 Å². The Morgan fingerprint density at radius 2 is 1.90 bits per heavy atom. The molecule has 1 atom stereocenters. The molecule has 0 radical (unpaired) electrons. The first-order valence-electron chi connectivity index (χ1n) is 9.35. The first kappa shape index (κ1) is 19.1. The first-order valence-corrected chi connectivity index (χ1v) is 9.35. The fourth-order valence-electron chi connectivity index (χ4n) is 3.47. The van der Waals surface area contributed by atoms with E-state index in [1.54, 1.807) is 12.1 Å². The van der Waals surface area contributed by atoms with Gasteiger partial charge in [-0.25, -0.2) is 4.98 Å². The number of nitrogens with zero attached hydrogens (tertiary/aromatic N) is 1.